The molecule has 2 N–H and O–H groups in total. The molecule has 2 fully saturated rings. The number of esters is 2. The fraction of sp³-hybridized carbons (Fsp3) is 0.628. The van der Waals surface area contributed by atoms with Crippen molar-refractivity contribution in [3.63, 3.8) is 0 Å². The summed E-state index contributed by atoms with van der Waals surface area (Å²) in [5.74, 6) is 11.9. The first-order valence-corrected chi connectivity index (χ1v) is 20.9. The van der Waals surface area contributed by atoms with Crippen molar-refractivity contribution in [2.24, 2.45) is 22.5 Å². The molecular weight excluding hydrogens is 831 g/mol. The second-order valence-electron chi connectivity index (χ2n) is 14.9. The van der Waals surface area contributed by atoms with Crippen LogP contribution in [0.5, 0.6) is 0 Å². The van der Waals surface area contributed by atoms with Crippen molar-refractivity contribution >= 4 is 62.4 Å². The van der Waals surface area contributed by atoms with Crippen LogP contribution in [0.4, 0.5) is 0 Å². The molecule has 0 aromatic carbocycles. The van der Waals surface area contributed by atoms with Gasteiger partial charge in [-0.25, -0.2) is 9.59 Å². The van der Waals surface area contributed by atoms with Gasteiger partial charge in [0.1, 0.15) is 9.75 Å². The summed E-state index contributed by atoms with van der Waals surface area (Å²) in [5, 5.41) is 0. The Bertz CT molecular complexity index is 1710. The highest BCUT2D eigenvalue weighted by Gasteiger charge is 2.28. The molecule has 2 aliphatic rings. The highest BCUT2D eigenvalue weighted by Crippen LogP contribution is 2.29. The van der Waals surface area contributed by atoms with E-state index in [-0.39, 0.29) is 61.4 Å². The fourth-order valence-electron chi connectivity index (χ4n) is 4.97. The second-order valence-corrected chi connectivity index (χ2v) is 17.9. The first-order valence-electron chi connectivity index (χ1n) is 18.5. The summed E-state index contributed by atoms with van der Waals surface area (Å²) in [6.07, 6.45) is 1.94. The molecule has 320 valence electrons. The van der Waals surface area contributed by atoms with Crippen LogP contribution < -0.4 is 5.73 Å². The van der Waals surface area contributed by atoms with E-state index in [2.05, 4.69) is 44.3 Å². The lowest BCUT2D eigenvalue weighted by atomic mass is 9.95. The molecule has 4 heterocycles. The number of halogens is 1. The molecular formula is C43H66BrN3O8S2. The number of morpholine rings is 2. The van der Waals surface area contributed by atoms with Crippen LogP contribution in [0.1, 0.15) is 118 Å². The minimum atomic E-state index is -0.368. The van der Waals surface area contributed by atoms with E-state index in [4.69, 9.17) is 19.9 Å². The van der Waals surface area contributed by atoms with Gasteiger partial charge in [0.15, 0.2) is 0 Å². The van der Waals surface area contributed by atoms with Crippen LogP contribution >= 0.6 is 38.6 Å². The molecule has 2 atom stereocenters. The van der Waals surface area contributed by atoms with Crippen LogP contribution in [-0.2, 0) is 35.0 Å². The van der Waals surface area contributed by atoms with Crippen molar-refractivity contribution in [1.82, 2.24) is 9.80 Å². The molecule has 2 aromatic rings. The average molecular weight is 897 g/mol. The van der Waals surface area contributed by atoms with E-state index in [0.29, 0.717) is 75.2 Å². The summed E-state index contributed by atoms with van der Waals surface area (Å²) in [6, 6.07) is 3.45. The SMILES string of the molecule is C.C.CC[C@H](Cc1cc(C#CC(C)(C)C)sc1C(=O)OC)C(=O)N1CCOCC1.CC[C@H](N)C(=O)N1CCOCC1.COC(=O)c1sc(C#CC(C)(C)C)cc1Br. The minimum Gasteiger partial charge on any atom is -0.465 e. The Kier molecular flexibility index (Phi) is 24.5. The predicted molar refractivity (Wildman–Crippen MR) is 236 cm³/mol. The largest absolute Gasteiger partial charge is 0.465 e. The quantitative estimate of drug-likeness (QED) is 0.207. The lowest BCUT2D eigenvalue weighted by Gasteiger charge is -2.30. The molecule has 2 amide bonds. The summed E-state index contributed by atoms with van der Waals surface area (Å²) in [6.45, 7) is 21.3. The summed E-state index contributed by atoms with van der Waals surface area (Å²) in [7, 11) is 2.75. The zero-order valence-corrected chi connectivity index (χ0v) is 37.2. The monoisotopic (exact) mass is 895 g/mol. The van der Waals surface area contributed by atoms with Crippen molar-refractivity contribution in [1.29, 1.82) is 0 Å². The molecule has 4 rings (SSSR count). The lowest BCUT2D eigenvalue weighted by molar-refractivity contribution is -0.139. The van der Waals surface area contributed by atoms with Crippen molar-refractivity contribution in [2.45, 2.75) is 95.5 Å². The van der Waals surface area contributed by atoms with Crippen molar-refractivity contribution < 1.29 is 38.1 Å². The average Bonchev–Trinajstić information content (AvgIpc) is 3.76. The number of carbonyl (C=O) groups is 4. The van der Waals surface area contributed by atoms with Crippen LogP contribution in [0.3, 0.4) is 0 Å². The molecule has 0 radical (unpaired) electrons. The van der Waals surface area contributed by atoms with Crippen LogP contribution in [0.25, 0.3) is 0 Å². The number of methoxy groups -OCH3 is 2. The van der Waals surface area contributed by atoms with Crippen LogP contribution in [0.15, 0.2) is 16.6 Å². The Balaban J connectivity index is 0.000000891. The van der Waals surface area contributed by atoms with Gasteiger partial charge < -0.3 is 34.5 Å². The molecule has 11 nitrogen and oxygen atoms in total. The lowest BCUT2D eigenvalue weighted by Crippen LogP contribution is -2.48. The summed E-state index contributed by atoms with van der Waals surface area (Å²) >= 11 is 6.00. The van der Waals surface area contributed by atoms with E-state index >= 15 is 0 Å². The molecule has 0 spiro atoms. The van der Waals surface area contributed by atoms with E-state index < -0.39 is 0 Å². The van der Waals surface area contributed by atoms with Gasteiger partial charge in [0, 0.05) is 47.4 Å². The van der Waals surface area contributed by atoms with E-state index in [1.54, 1.807) is 4.90 Å². The Hall–Kier alpha value is -3.24. The van der Waals surface area contributed by atoms with Gasteiger partial charge in [-0.3, -0.25) is 9.59 Å². The van der Waals surface area contributed by atoms with E-state index in [1.165, 1.54) is 36.9 Å². The number of nitrogens with two attached hydrogens (primary N) is 1. The maximum atomic E-state index is 12.9. The van der Waals surface area contributed by atoms with E-state index in [1.807, 2.05) is 72.4 Å². The first-order chi connectivity index (χ1) is 25.8. The zero-order valence-electron chi connectivity index (χ0n) is 34.0. The van der Waals surface area contributed by atoms with Crippen molar-refractivity contribution in [2.75, 3.05) is 66.8 Å². The third-order valence-corrected chi connectivity index (χ3v) is 11.1. The van der Waals surface area contributed by atoms with Gasteiger partial charge in [0.2, 0.25) is 11.8 Å². The van der Waals surface area contributed by atoms with Gasteiger partial charge in [-0.2, -0.15) is 0 Å². The molecule has 0 saturated carbocycles. The number of hydrogen-bond acceptors (Lipinski definition) is 11. The molecule has 0 bridgehead atoms. The maximum Gasteiger partial charge on any atom is 0.349 e. The highest BCUT2D eigenvalue weighted by atomic mass is 79.9. The molecule has 0 unspecified atom stereocenters. The molecule has 2 aliphatic heterocycles. The third-order valence-electron chi connectivity index (χ3n) is 8.07. The normalized spacial score (nSPS) is 14.7. The smallest absolute Gasteiger partial charge is 0.349 e. The number of rotatable bonds is 8. The summed E-state index contributed by atoms with van der Waals surface area (Å²) < 4.78 is 20.8. The summed E-state index contributed by atoms with van der Waals surface area (Å²) in [5.41, 5.74) is 6.30. The van der Waals surface area contributed by atoms with Gasteiger partial charge in [0.05, 0.1) is 56.4 Å². The van der Waals surface area contributed by atoms with Gasteiger partial charge in [-0.1, -0.05) is 52.4 Å². The Morgan fingerprint density at radius 3 is 1.60 bits per heavy atom. The van der Waals surface area contributed by atoms with Gasteiger partial charge in [-0.05, 0) is 94.4 Å². The number of nitrogens with zero attached hydrogens (tertiary/aromatic N) is 2. The van der Waals surface area contributed by atoms with Gasteiger partial charge in [0.25, 0.3) is 0 Å². The molecule has 2 saturated heterocycles. The number of hydrogen-bond donors (Lipinski definition) is 1. The molecule has 2 aromatic heterocycles. The van der Waals surface area contributed by atoms with E-state index in [0.717, 1.165) is 26.2 Å². The molecule has 14 heteroatoms. The maximum absolute atomic E-state index is 12.9. The number of thiophene rings is 2. The Morgan fingerprint density at radius 1 is 0.754 bits per heavy atom. The fourth-order valence-corrected chi connectivity index (χ4v) is 7.54. The number of amides is 2. The van der Waals surface area contributed by atoms with E-state index in [9.17, 15) is 19.2 Å². The van der Waals surface area contributed by atoms with Crippen LogP contribution in [-0.4, -0.2) is 106 Å². The zero-order chi connectivity index (χ0) is 41.3. The Labute approximate surface area is 358 Å². The molecule has 0 aliphatic carbocycles. The second kappa shape index (κ2) is 26.0. The van der Waals surface area contributed by atoms with Crippen molar-refractivity contribution in [3.05, 3.63) is 41.7 Å². The van der Waals surface area contributed by atoms with Crippen LogP contribution in [0.2, 0.25) is 0 Å². The predicted octanol–water partition coefficient (Wildman–Crippen LogP) is 7.91. The number of ether oxygens (including phenoxy) is 4. The van der Waals surface area contributed by atoms with Gasteiger partial charge >= 0.3 is 11.9 Å². The number of carbonyl (C=O) groups excluding carboxylic acids is 4. The highest BCUT2D eigenvalue weighted by molar-refractivity contribution is 9.10. The van der Waals surface area contributed by atoms with Crippen molar-refractivity contribution in [3.8, 4) is 23.7 Å². The summed E-state index contributed by atoms with van der Waals surface area (Å²) in [4.78, 5) is 54.4. The Morgan fingerprint density at radius 2 is 1.18 bits per heavy atom. The van der Waals surface area contributed by atoms with Gasteiger partial charge in [-0.15, -0.1) is 22.7 Å². The minimum absolute atomic E-state index is 0. The standard InChI is InChI=1S/C21H29NO4S.C12H13BrO2S.C8H16N2O2.2CH4/c1-6-15(19(23)22-9-11-26-12-10-22)13-16-14-17(7-8-21(2,3)4)27-18(16)20(24)25-5;1-12(2,3)6-5-8-7-9(13)10(16-8)11(14)15-4;1-2-7(9)8(11)10-3-5-12-6-4-10;;/h14-15H,6,9-13H2,1-5H3;7H,1-4H3;7H,2-6,9H2,1H3;2*1H4/t15-;;7-;;/m1.0../s1. The first kappa shape index (κ1) is 53.8. The third kappa shape index (κ3) is 18.9. The topological polar surface area (TPSA) is 138 Å². The van der Waals surface area contributed by atoms with Crippen LogP contribution in [0, 0.1) is 40.4 Å². The molecule has 57 heavy (non-hydrogen) atoms.